The molecule has 0 radical (unpaired) electrons. The van der Waals surface area contributed by atoms with E-state index in [1.165, 1.54) is 5.69 Å². The number of benzene rings is 2. The topological polar surface area (TPSA) is 109 Å². The molecule has 6 rings (SSSR count). The monoisotopic (exact) mass is 434 g/mol. The molecule has 162 valence electrons. The lowest BCUT2D eigenvalue weighted by molar-refractivity contribution is 0.589. The van der Waals surface area contributed by atoms with Gasteiger partial charge in [0, 0.05) is 54.1 Å². The Hall–Kier alpha value is -4.22. The zero-order valence-corrected chi connectivity index (χ0v) is 18.2. The van der Waals surface area contributed by atoms with Crippen LogP contribution in [0.25, 0.3) is 44.3 Å². The van der Waals surface area contributed by atoms with Crippen molar-refractivity contribution in [3.8, 4) is 28.5 Å². The highest BCUT2D eigenvalue weighted by Gasteiger charge is 2.22. The second-order valence-electron chi connectivity index (χ2n) is 8.33. The lowest BCUT2D eigenvalue weighted by atomic mass is 9.93. The van der Waals surface area contributed by atoms with Crippen LogP contribution in [0.1, 0.15) is 11.3 Å². The third-order valence-electron chi connectivity index (χ3n) is 6.35. The van der Waals surface area contributed by atoms with Crippen LogP contribution in [0.15, 0.2) is 48.7 Å². The quantitative estimate of drug-likeness (QED) is 0.399. The van der Waals surface area contributed by atoms with Crippen molar-refractivity contribution in [1.29, 1.82) is 5.26 Å². The second-order valence-corrected chi connectivity index (χ2v) is 8.33. The molecule has 4 heterocycles. The number of aryl methyl sites for hydroxylation is 1. The minimum atomic E-state index is 0.546. The molecular formula is C25H22N8. The minimum absolute atomic E-state index is 0.546. The molecule has 8 nitrogen and oxygen atoms in total. The number of nitriles is 1. The van der Waals surface area contributed by atoms with Gasteiger partial charge >= 0.3 is 0 Å². The Kier molecular flexibility index (Phi) is 4.56. The van der Waals surface area contributed by atoms with Gasteiger partial charge in [-0.15, -0.1) is 0 Å². The number of hydrogen-bond acceptors (Lipinski definition) is 6. The van der Waals surface area contributed by atoms with Crippen LogP contribution in [0.2, 0.25) is 0 Å². The number of hydrogen-bond donors (Lipinski definition) is 3. The van der Waals surface area contributed by atoms with Gasteiger partial charge in [-0.2, -0.15) is 15.5 Å². The molecule has 0 amide bonds. The molecule has 0 spiro atoms. The Morgan fingerprint density at radius 2 is 1.79 bits per heavy atom. The molecule has 1 saturated heterocycles. The van der Waals surface area contributed by atoms with Gasteiger partial charge in [0.15, 0.2) is 5.65 Å². The molecule has 0 saturated carbocycles. The molecular weight excluding hydrogens is 412 g/mol. The summed E-state index contributed by atoms with van der Waals surface area (Å²) in [7, 11) is 0. The molecule has 3 aromatic heterocycles. The van der Waals surface area contributed by atoms with Gasteiger partial charge in [0.05, 0.1) is 28.4 Å². The SMILES string of the molecule is Cc1[nH]nc2nc(-c3ccc4[nH]ncc4c3)c(C#N)c(-c3ccc(N4CCNCC4)cc3)c12. The van der Waals surface area contributed by atoms with Crippen LogP contribution < -0.4 is 10.2 Å². The summed E-state index contributed by atoms with van der Waals surface area (Å²) in [4.78, 5) is 7.17. The summed E-state index contributed by atoms with van der Waals surface area (Å²) in [5.74, 6) is 0. The van der Waals surface area contributed by atoms with Gasteiger partial charge < -0.3 is 10.2 Å². The van der Waals surface area contributed by atoms with Gasteiger partial charge in [-0.1, -0.05) is 18.2 Å². The van der Waals surface area contributed by atoms with Crippen molar-refractivity contribution >= 4 is 27.6 Å². The van der Waals surface area contributed by atoms with E-state index in [4.69, 9.17) is 4.98 Å². The Bertz CT molecular complexity index is 1510. The van der Waals surface area contributed by atoms with Crippen LogP contribution in [0.4, 0.5) is 5.69 Å². The Balaban J connectivity index is 1.54. The largest absolute Gasteiger partial charge is 0.369 e. The summed E-state index contributed by atoms with van der Waals surface area (Å²) in [6, 6.07) is 16.9. The van der Waals surface area contributed by atoms with E-state index in [-0.39, 0.29) is 0 Å². The maximum atomic E-state index is 10.3. The van der Waals surface area contributed by atoms with Gasteiger partial charge in [-0.3, -0.25) is 10.2 Å². The summed E-state index contributed by atoms with van der Waals surface area (Å²) in [5.41, 5.74) is 7.52. The van der Waals surface area contributed by atoms with Crippen LogP contribution in [0.5, 0.6) is 0 Å². The number of aromatic amines is 2. The number of nitrogens with zero attached hydrogens (tertiary/aromatic N) is 5. The number of nitrogens with one attached hydrogen (secondary N) is 3. The summed E-state index contributed by atoms with van der Waals surface area (Å²) in [5, 5.41) is 30.1. The van der Waals surface area contributed by atoms with E-state index in [2.05, 4.69) is 60.9 Å². The van der Waals surface area contributed by atoms with Crippen molar-refractivity contribution in [2.24, 2.45) is 0 Å². The van der Waals surface area contributed by atoms with E-state index < -0.39 is 0 Å². The number of aromatic nitrogens is 5. The van der Waals surface area contributed by atoms with Crippen molar-refractivity contribution in [2.75, 3.05) is 31.1 Å². The highest BCUT2D eigenvalue weighted by molar-refractivity contribution is 6.01. The number of piperazine rings is 1. The van der Waals surface area contributed by atoms with Gasteiger partial charge in [0.1, 0.15) is 6.07 Å². The molecule has 2 aromatic carbocycles. The number of anilines is 1. The molecule has 0 bridgehead atoms. The van der Waals surface area contributed by atoms with Crippen LogP contribution in [-0.4, -0.2) is 51.6 Å². The van der Waals surface area contributed by atoms with Crippen LogP contribution in [0, 0.1) is 18.3 Å². The molecule has 0 aliphatic carbocycles. The highest BCUT2D eigenvalue weighted by Crippen LogP contribution is 2.38. The Labute approximate surface area is 190 Å². The molecule has 1 aliphatic rings. The predicted molar refractivity (Wildman–Crippen MR) is 129 cm³/mol. The van der Waals surface area contributed by atoms with E-state index in [1.54, 1.807) is 6.20 Å². The first-order valence-corrected chi connectivity index (χ1v) is 11.0. The lowest BCUT2D eigenvalue weighted by Crippen LogP contribution is -2.43. The first kappa shape index (κ1) is 19.5. The summed E-state index contributed by atoms with van der Waals surface area (Å²) in [6.45, 7) is 5.93. The molecule has 33 heavy (non-hydrogen) atoms. The third kappa shape index (κ3) is 3.22. The third-order valence-corrected chi connectivity index (χ3v) is 6.35. The summed E-state index contributed by atoms with van der Waals surface area (Å²) >= 11 is 0. The number of H-pyrrole nitrogens is 2. The number of rotatable bonds is 3. The van der Waals surface area contributed by atoms with Crippen LogP contribution >= 0.6 is 0 Å². The van der Waals surface area contributed by atoms with E-state index >= 15 is 0 Å². The van der Waals surface area contributed by atoms with Crippen molar-refractivity contribution in [3.05, 3.63) is 59.9 Å². The number of pyridine rings is 1. The van der Waals surface area contributed by atoms with E-state index in [9.17, 15) is 5.26 Å². The summed E-state index contributed by atoms with van der Waals surface area (Å²) in [6.07, 6.45) is 1.78. The molecule has 0 atom stereocenters. The predicted octanol–water partition coefficient (Wildman–Crippen LogP) is 3.76. The average molecular weight is 435 g/mol. The van der Waals surface area contributed by atoms with Crippen LogP contribution in [-0.2, 0) is 0 Å². The molecule has 5 aromatic rings. The molecule has 3 N–H and O–H groups in total. The van der Waals surface area contributed by atoms with Crippen molar-refractivity contribution < 1.29 is 0 Å². The van der Waals surface area contributed by atoms with Gasteiger partial charge in [0.25, 0.3) is 0 Å². The zero-order valence-electron chi connectivity index (χ0n) is 18.2. The second kappa shape index (κ2) is 7.73. The van der Waals surface area contributed by atoms with E-state index in [0.29, 0.717) is 16.9 Å². The van der Waals surface area contributed by atoms with Crippen LogP contribution in [0.3, 0.4) is 0 Å². The van der Waals surface area contributed by atoms with Crippen molar-refractivity contribution in [3.63, 3.8) is 0 Å². The first-order valence-electron chi connectivity index (χ1n) is 11.0. The fourth-order valence-corrected chi connectivity index (χ4v) is 4.66. The standard InChI is InChI=1S/C25H22N8/c1-15-22-23(16-2-5-19(6-3-16)33-10-8-27-9-11-33)20(13-26)24(29-25(22)32-30-15)17-4-7-21-18(12-17)14-28-31-21/h2-7,12,14,27H,8-11H2,1H3,(H,28,31)(H,29,30,32). The van der Waals surface area contributed by atoms with Crippen molar-refractivity contribution in [2.45, 2.75) is 6.92 Å². The fraction of sp³-hybridized carbons (Fsp3) is 0.200. The minimum Gasteiger partial charge on any atom is -0.369 e. The Morgan fingerprint density at radius 3 is 2.58 bits per heavy atom. The van der Waals surface area contributed by atoms with Gasteiger partial charge in [0.2, 0.25) is 0 Å². The Morgan fingerprint density at radius 1 is 1.00 bits per heavy atom. The average Bonchev–Trinajstić information content (AvgIpc) is 3.49. The maximum absolute atomic E-state index is 10.3. The normalized spacial score (nSPS) is 14.1. The molecule has 0 unspecified atom stereocenters. The molecule has 1 fully saturated rings. The smallest absolute Gasteiger partial charge is 0.182 e. The van der Waals surface area contributed by atoms with E-state index in [1.807, 2.05) is 25.1 Å². The van der Waals surface area contributed by atoms with Crippen molar-refractivity contribution in [1.82, 2.24) is 30.7 Å². The lowest BCUT2D eigenvalue weighted by Gasteiger charge is -2.29. The molecule has 1 aliphatic heterocycles. The number of fused-ring (bicyclic) bond motifs is 2. The summed E-state index contributed by atoms with van der Waals surface area (Å²) < 4.78 is 0. The molecule has 8 heteroatoms. The zero-order chi connectivity index (χ0) is 22.4. The first-order chi connectivity index (χ1) is 16.2. The highest BCUT2D eigenvalue weighted by atomic mass is 15.2. The van der Waals surface area contributed by atoms with Gasteiger partial charge in [-0.05, 0) is 36.8 Å². The maximum Gasteiger partial charge on any atom is 0.182 e. The van der Waals surface area contributed by atoms with E-state index in [0.717, 1.165) is 64.9 Å². The van der Waals surface area contributed by atoms with Gasteiger partial charge in [-0.25, -0.2) is 4.98 Å². The fourth-order valence-electron chi connectivity index (χ4n) is 4.66.